The van der Waals surface area contributed by atoms with Crippen molar-refractivity contribution in [2.24, 2.45) is 0 Å². The molecule has 5 rings (SSSR count). The number of hydrogen-bond donors (Lipinski definition) is 2. The zero-order valence-electron chi connectivity index (χ0n) is 18.9. The van der Waals surface area contributed by atoms with Crippen LogP contribution in [0.4, 0.5) is 0 Å². The topological polar surface area (TPSA) is 92.2 Å². The molecule has 7 nitrogen and oxygen atoms in total. The summed E-state index contributed by atoms with van der Waals surface area (Å²) in [7, 11) is 0. The van der Waals surface area contributed by atoms with Gasteiger partial charge in [-0.15, -0.1) is 0 Å². The second kappa shape index (κ2) is 8.31. The molecule has 3 heterocycles. The van der Waals surface area contributed by atoms with Crippen LogP contribution in [-0.4, -0.2) is 25.9 Å². The van der Waals surface area contributed by atoms with Crippen molar-refractivity contribution in [1.82, 2.24) is 19.3 Å². The van der Waals surface area contributed by atoms with Crippen molar-refractivity contribution < 1.29 is 4.79 Å². The van der Waals surface area contributed by atoms with Crippen LogP contribution in [0.2, 0.25) is 0 Å². The van der Waals surface area contributed by atoms with Crippen molar-refractivity contribution in [3.05, 3.63) is 86.8 Å². The van der Waals surface area contributed by atoms with Gasteiger partial charge < -0.3 is 9.88 Å². The molecule has 7 heteroatoms. The van der Waals surface area contributed by atoms with E-state index < -0.39 is 0 Å². The molecule has 1 aliphatic carbocycles. The van der Waals surface area contributed by atoms with Crippen molar-refractivity contribution in [2.75, 3.05) is 0 Å². The van der Waals surface area contributed by atoms with Crippen LogP contribution in [0.3, 0.4) is 0 Å². The Morgan fingerprint density at radius 3 is 2.58 bits per heavy atom. The second-order valence-electron chi connectivity index (χ2n) is 8.97. The fraction of sp³-hybridized carbons (Fsp3) is 0.308. The number of benzene rings is 1. The molecule has 3 aromatic heterocycles. The highest BCUT2D eigenvalue weighted by Gasteiger charge is 2.22. The molecule has 168 valence electrons. The zero-order chi connectivity index (χ0) is 23.1. The molecule has 33 heavy (non-hydrogen) atoms. The van der Waals surface area contributed by atoms with Gasteiger partial charge in [0.25, 0.3) is 11.5 Å². The predicted octanol–water partition coefficient (Wildman–Crippen LogP) is 3.47. The maximum Gasteiger partial charge on any atom is 0.267 e. The van der Waals surface area contributed by atoms with Crippen LogP contribution in [0.25, 0.3) is 16.7 Å². The smallest absolute Gasteiger partial charge is 0.267 e. The predicted molar refractivity (Wildman–Crippen MR) is 128 cm³/mol. The van der Waals surface area contributed by atoms with E-state index in [9.17, 15) is 9.59 Å². The summed E-state index contributed by atoms with van der Waals surface area (Å²) < 4.78 is 3.19. The minimum Gasteiger partial charge on any atom is -0.349 e. The van der Waals surface area contributed by atoms with E-state index in [1.165, 1.54) is 10.5 Å². The Kier molecular flexibility index (Phi) is 5.32. The first-order chi connectivity index (χ1) is 15.9. The van der Waals surface area contributed by atoms with Gasteiger partial charge in [0.1, 0.15) is 16.8 Å². The molecular formula is C26H27N5O2. The third-order valence-corrected chi connectivity index (χ3v) is 6.53. The van der Waals surface area contributed by atoms with Gasteiger partial charge in [-0.3, -0.25) is 19.4 Å². The molecule has 0 bridgehead atoms. The summed E-state index contributed by atoms with van der Waals surface area (Å²) >= 11 is 0. The van der Waals surface area contributed by atoms with E-state index in [1.54, 1.807) is 10.8 Å². The molecule has 1 aliphatic rings. The van der Waals surface area contributed by atoms with Crippen molar-refractivity contribution in [3.8, 4) is 0 Å². The summed E-state index contributed by atoms with van der Waals surface area (Å²) in [6.45, 7) is 4.27. The van der Waals surface area contributed by atoms with Crippen LogP contribution < -0.4 is 16.4 Å². The van der Waals surface area contributed by atoms with Gasteiger partial charge >= 0.3 is 0 Å². The largest absolute Gasteiger partial charge is 0.349 e. The van der Waals surface area contributed by atoms with E-state index in [0.29, 0.717) is 23.2 Å². The van der Waals surface area contributed by atoms with Crippen LogP contribution >= 0.6 is 0 Å². The maximum absolute atomic E-state index is 13.4. The quantitative estimate of drug-likeness (QED) is 0.475. The van der Waals surface area contributed by atoms with E-state index >= 15 is 0 Å². The van der Waals surface area contributed by atoms with Gasteiger partial charge in [-0.05, 0) is 49.9 Å². The fourth-order valence-electron chi connectivity index (χ4n) is 4.63. The first-order valence-corrected chi connectivity index (χ1v) is 11.4. The lowest BCUT2D eigenvalue weighted by molar-refractivity contribution is 0.0935. The number of carbonyl (C=O) groups excluding carboxylic acids is 1. The van der Waals surface area contributed by atoms with Crippen molar-refractivity contribution in [3.63, 3.8) is 0 Å². The minimum atomic E-state index is -0.305. The number of pyridine rings is 2. The first kappa shape index (κ1) is 21.1. The molecule has 0 unspecified atom stereocenters. The van der Waals surface area contributed by atoms with Gasteiger partial charge in [0.05, 0.1) is 17.5 Å². The average Bonchev–Trinajstić information content (AvgIpc) is 3.31. The van der Waals surface area contributed by atoms with Gasteiger partial charge in [0.15, 0.2) is 0 Å². The summed E-state index contributed by atoms with van der Waals surface area (Å²) in [5, 5.41) is 12.3. The lowest BCUT2D eigenvalue weighted by Gasteiger charge is -2.17. The molecule has 0 spiro atoms. The molecular weight excluding hydrogens is 414 g/mol. The molecule has 0 saturated heterocycles. The lowest BCUT2D eigenvalue weighted by Crippen LogP contribution is -2.38. The highest BCUT2D eigenvalue weighted by molar-refractivity contribution is 5.97. The number of amides is 1. The summed E-state index contributed by atoms with van der Waals surface area (Å²) in [5.41, 5.74) is 3.96. The monoisotopic (exact) mass is 441 g/mol. The van der Waals surface area contributed by atoms with E-state index in [1.807, 2.05) is 50.2 Å². The Labute approximate surface area is 191 Å². The molecule has 0 aliphatic heterocycles. The zero-order valence-corrected chi connectivity index (χ0v) is 18.9. The van der Waals surface area contributed by atoms with Crippen LogP contribution in [-0.2, 0) is 6.54 Å². The highest BCUT2D eigenvalue weighted by atomic mass is 16.2. The Bertz CT molecular complexity index is 1490. The second-order valence-corrected chi connectivity index (χ2v) is 8.97. The Hall–Kier alpha value is -3.74. The fourth-order valence-corrected chi connectivity index (χ4v) is 4.63. The standard InChI is InChI=1S/C26H27N5O2/c1-16-9-11-18(12-10-16)15-31-22(27)20(25(32)28-19-7-3-4-8-19)14-21-24(31)29-23-17(2)6-5-13-30(23)26(21)33/h5-6,9-14,19,27H,3-4,7-8,15H2,1-2H3,(H,28,32). The number of carbonyl (C=O) groups is 1. The highest BCUT2D eigenvalue weighted by Crippen LogP contribution is 2.19. The molecule has 0 atom stereocenters. The molecule has 1 saturated carbocycles. The lowest BCUT2D eigenvalue weighted by atomic mass is 10.1. The van der Waals surface area contributed by atoms with E-state index in [0.717, 1.165) is 42.4 Å². The normalized spacial score (nSPS) is 14.2. The van der Waals surface area contributed by atoms with Crippen LogP contribution in [0, 0.1) is 19.3 Å². The van der Waals surface area contributed by atoms with Crippen molar-refractivity contribution in [1.29, 1.82) is 5.41 Å². The number of fused-ring (bicyclic) bond motifs is 2. The molecule has 1 aromatic carbocycles. The number of rotatable bonds is 4. The average molecular weight is 442 g/mol. The third kappa shape index (κ3) is 3.84. The Morgan fingerprint density at radius 2 is 1.85 bits per heavy atom. The van der Waals surface area contributed by atoms with Crippen LogP contribution in [0.15, 0.2) is 53.5 Å². The summed E-state index contributed by atoms with van der Waals surface area (Å²) in [5.74, 6) is -0.305. The number of aromatic nitrogens is 3. The van der Waals surface area contributed by atoms with Crippen molar-refractivity contribution >= 4 is 22.6 Å². The summed E-state index contributed by atoms with van der Waals surface area (Å²) in [6.07, 6.45) is 5.78. The number of nitrogens with one attached hydrogen (secondary N) is 2. The molecule has 1 amide bonds. The molecule has 1 fully saturated rings. The van der Waals surface area contributed by atoms with E-state index in [-0.39, 0.29) is 28.6 Å². The van der Waals surface area contributed by atoms with Crippen LogP contribution in [0.1, 0.15) is 52.7 Å². The van der Waals surface area contributed by atoms with Gasteiger partial charge in [0, 0.05) is 12.2 Å². The van der Waals surface area contributed by atoms with Gasteiger partial charge in [-0.2, -0.15) is 0 Å². The maximum atomic E-state index is 13.4. The van der Waals surface area contributed by atoms with E-state index in [4.69, 9.17) is 10.4 Å². The Balaban J connectivity index is 1.75. The molecule has 0 radical (unpaired) electrons. The third-order valence-electron chi connectivity index (χ3n) is 6.53. The number of hydrogen-bond acceptors (Lipinski definition) is 4. The number of aryl methyl sites for hydroxylation is 2. The van der Waals surface area contributed by atoms with Crippen LogP contribution in [0.5, 0.6) is 0 Å². The van der Waals surface area contributed by atoms with Gasteiger partial charge in [0.2, 0.25) is 0 Å². The van der Waals surface area contributed by atoms with Crippen molar-refractivity contribution in [2.45, 2.75) is 52.1 Å². The van der Waals surface area contributed by atoms with E-state index in [2.05, 4.69) is 5.32 Å². The SMILES string of the molecule is Cc1ccc(Cn2c(=N)c(C(=O)NC3CCCC3)cc3c(=O)n4cccc(C)c4nc32)cc1. The molecule has 4 aromatic rings. The van der Waals surface area contributed by atoms with Gasteiger partial charge in [-0.25, -0.2) is 4.98 Å². The number of nitrogens with zero attached hydrogens (tertiary/aromatic N) is 3. The minimum absolute atomic E-state index is 0.0587. The summed E-state index contributed by atoms with van der Waals surface area (Å²) in [6, 6.07) is 13.4. The Morgan fingerprint density at radius 1 is 1.12 bits per heavy atom. The summed E-state index contributed by atoms with van der Waals surface area (Å²) in [4.78, 5) is 31.4. The first-order valence-electron chi connectivity index (χ1n) is 11.4. The molecule has 2 N–H and O–H groups in total. The van der Waals surface area contributed by atoms with Gasteiger partial charge in [-0.1, -0.05) is 48.7 Å².